The number of rotatable bonds is 8. The summed E-state index contributed by atoms with van der Waals surface area (Å²) in [7, 11) is -3.51. The van der Waals surface area contributed by atoms with E-state index in [0.29, 0.717) is 48.7 Å². The van der Waals surface area contributed by atoms with Gasteiger partial charge in [-0.05, 0) is 65.0 Å². The largest absolute Gasteiger partial charge is 0.348 e. The van der Waals surface area contributed by atoms with Crippen molar-refractivity contribution in [2.24, 2.45) is 0 Å². The first kappa shape index (κ1) is 28.7. The average Bonchev–Trinajstić information content (AvgIpc) is 3.33. The molecule has 2 heterocycles. The molecule has 4 nitrogen and oxygen atoms in total. The van der Waals surface area contributed by atoms with Crippen molar-refractivity contribution < 1.29 is 17.2 Å². The Morgan fingerprint density at radius 1 is 0.921 bits per heavy atom. The highest BCUT2D eigenvalue weighted by molar-refractivity contribution is 7.92. The molecule has 0 bridgehead atoms. The first-order valence-electron chi connectivity index (χ1n) is 13.4. The molecule has 1 aliphatic rings. The number of thiazole rings is 1. The van der Waals surface area contributed by atoms with Gasteiger partial charge < -0.3 is 4.90 Å². The lowest BCUT2D eigenvalue weighted by Crippen LogP contribution is -2.40. The Morgan fingerprint density at radius 2 is 1.53 bits per heavy atom. The van der Waals surface area contributed by atoms with Crippen LogP contribution in [0.4, 0.5) is 13.9 Å². The van der Waals surface area contributed by atoms with E-state index in [1.807, 2.05) is 5.38 Å². The summed E-state index contributed by atoms with van der Waals surface area (Å²) in [4.78, 5) is 7.39. The van der Waals surface area contributed by atoms with Gasteiger partial charge in [0.05, 0.1) is 15.8 Å². The van der Waals surface area contributed by atoms with Crippen LogP contribution in [-0.4, -0.2) is 31.7 Å². The summed E-state index contributed by atoms with van der Waals surface area (Å²) in [5.41, 5.74) is 4.51. The lowest BCUT2D eigenvalue weighted by atomic mass is 9.89. The van der Waals surface area contributed by atoms with E-state index in [2.05, 4.69) is 58.6 Å². The molecule has 1 saturated heterocycles. The van der Waals surface area contributed by atoms with Gasteiger partial charge in [0.15, 0.2) is 26.6 Å². The van der Waals surface area contributed by atoms with Crippen LogP contribution in [0.25, 0.3) is 0 Å². The number of sulfone groups is 1. The van der Waals surface area contributed by atoms with Crippen molar-refractivity contribution in [1.82, 2.24) is 4.98 Å². The third-order valence-electron chi connectivity index (χ3n) is 7.42. The van der Waals surface area contributed by atoms with Gasteiger partial charge in [-0.15, -0.1) is 11.3 Å². The number of benzene rings is 2. The van der Waals surface area contributed by atoms with Gasteiger partial charge in [0.2, 0.25) is 0 Å². The van der Waals surface area contributed by atoms with Crippen LogP contribution >= 0.6 is 11.3 Å². The second kappa shape index (κ2) is 11.4. The second-order valence-electron chi connectivity index (χ2n) is 11.3. The maximum Gasteiger partial charge on any atom is 0.185 e. The highest BCUT2D eigenvalue weighted by atomic mass is 32.2. The Labute approximate surface area is 230 Å². The molecule has 8 heteroatoms. The molecule has 0 saturated carbocycles. The van der Waals surface area contributed by atoms with E-state index in [-0.39, 0.29) is 11.8 Å². The fourth-order valence-corrected chi connectivity index (χ4v) is 8.41. The van der Waals surface area contributed by atoms with Crippen molar-refractivity contribution in [1.29, 1.82) is 0 Å². The van der Waals surface area contributed by atoms with Crippen LogP contribution < -0.4 is 4.90 Å². The summed E-state index contributed by atoms with van der Waals surface area (Å²) >= 11 is 1.50. The monoisotopic (exact) mass is 560 g/mol. The molecule has 1 aliphatic heterocycles. The summed E-state index contributed by atoms with van der Waals surface area (Å²) in [6.07, 6.45) is 1.50. The molecule has 3 aromatic rings. The maximum atomic E-state index is 14.1. The minimum Gasteiger partial charge on any atom is -0.348 e. The van der Waals surface area contributed by atoms with E-state index >= 15 is 0 Å². The van der Waals surface area contributed by atoms with Crippen molar-refractivity contribution in [2.45, 2.75) is 88.7 Å². The molecule has 0 unspecified atom stereocenters. The number of hydrogen-bond acceptors (Lipinski definition) is 5. The van der Waals surface area contributed by atoms with Gasteiger partial charge >= 0.3 is 0 Å². The molecule has 38 heavy (non-hydrogen) atoms. The van der Waals surface area contributed by atoms with E-state index < -0.39 is 26.7 Å². The maximum absolute atomic E-state index is 14.1. The lowest BCUT2D eigenvalue weighted by molar-refractivity contribution is 0.507. The summed E-state index contributed by atoms with van der Waals surface area (Å²) in [6.45, 7) is 13.8. The Bertz CT molecular complexity index is 1360. The molecule has 0 N–H and O–H groups in total. The van der Waals surface area contributed by atoms with Crippen molar-refractivity contribution in [3.05, 3.63) is 75.3 Å². The fourth-order valence-electron chi connectivity index (χ4n) is 5.12. The lowest BCUT2D eigenvalue weighted by Gasteiger charge is -2.33. The summed E-state index contributed by atoms with van der Waals surface area (Å²) in [5.74, 6) is -1.17. The first-order valence-corrected chi connectivity index (χ1v) is 15.9. The standard InChI is InChI=1S/C30H38F2N2O2S2/c1-18(2)22-15-25(19(3)4)29(26(16-22)20(5)6)38(35,36)24-9-11-34(12-10-24)30-33-23(17-37-30)13-21-7-8-27(31)28(32)14-21/h7-8,14-20,24H,9-13H2,1-6H3. The van der Waals surface area contributed by atoms with Crippen LogP contribution in [0.15, 0.2) is 40.6 Å². The van der Waals surface area contributed by atoms with E-state index in [1.54, 1.807) is 6.07 Å². The topological polar surface area (TPSA) is 50.3 Å². The SMILES string of the molecule is CC(C)c1cc(C(C)C)c(S(=O)(=O)C2CCN(c3nc(Cc4ccc(F)c(F)c4)cs3)CC2)c(C(C)C)c1. The van der Waals surface area contributed by atoms with Crippen LogP contribution in [0.2, 0.25) is 0 Å². The molecule has 0 radical (unpaired) electrons. The Morgan fingerprint density at radius 3 is 2.05 bits per heavy atom. The zero-order chi connectivity index (χ0) is 27.8. The minimum atomic E-state index is -3.51. The molecule has 0 spiro atoms. The van der Waals surface area contributed by atoms with Gasteiger partial charge in [-0.1, -0.05) is 59.7 Å². The number of halogens is 2. The van der Waals surface area contributed by atoms with Gasteiger partial charge in [-0.25, -0.2) is 22.2 Å². The Balaban J connectivity index is 1.53. The van der Waals surface area contributed by atoms with E-state index in [9.17, 15) is 17.2 Å². The molecule has 0 amide bonds. The predicted molar refractivity (Wildman–Crippen MR) is 152 cm³/mol. The Hall–Kier alpha value is -2.32. The van der Waals surface area contributed by atoms with Crippen molar-refractivity contribution in [3.63, 3.8) is 0 Å². The molecule has 2 aromatic carbocycles. The van der Waals surface area contributed by atoms with Crippen LogP contribution in [0.5, 0.6) is 0 Å². The van der Waals surface area contributed by atoms with Crippen LogP contribution in [-0.2, 0) is 16.3 Å². The predicted octanol–water partition coefficient (Wildman–Crippen LogP) is 7.83. The molecular weight excluding hydrogens is 522 g/mol. The number of anilines is 1. The van der Waals surface area contributed by atoms with Gasteiger partial charge in [-0.2, -0.15) is 0 Å². The molecule has 0 atom stereocenters. The number of aromatic nitrogens is 1. The van der Waals surface area contributed by atoms with E-state index in [1.165, 1.54) is 23.0 Å². The first-order chi connectivity index (χ1) is 17.9. The summed E-state index contributed by atoms with van der Waals surface area (Å²) in [6, 6.07) is 8.11. The molecule has 1 aromatic heterocycles. The summed E-state index contributed by atoms with van der Waals surface area (Å²) < 4.78 is 55.1. The average molecular weight is 561 g/mol. The molecule has 0 aliphatic carbocycles. The number of piperidine rings is 1. The van der Waals surface area contributed by atoms with Gasteiger partial charge in [-0.3, -0.25) is 0 Å². The third kappa shape index (κ3) is 5.96. The minimum absolute atomic E-state index is 0.111. The highest BCUT2D eigenvalue weighted by Crippen LogP contribution is 2.39. The quantitative estimate of drug-likeness (QED) is 0.282. The normalized spacial score (nSPS) is 15.3. The highest BCUT2D eigenvalue weighted by Gasteiger charge is 2.36. The molecular formula is C30H38F2N2O2S2. The Kier molecular flexibility index (Phi) is 8.62. The number of hydrogen-bond donors (Lipinski definition) is 0. The smallest absolute Gasteiger partial charge is 0.185 e. The van der Waals surface area contributed by atoms with Crippen LogP contribution in [0.3, 0.4) is 0 Å². The van der Waals surface area contributed by atoms with Gasteiger partial charge in [0.25, 0.3) is 0 Å². The van der Waals surface area contributed by atoms with Gasteiger partial charge in [0, 0.05) is 24.9 Å². The van der Waals surface area contributed by atoms with Crippen LogP contribution in [0, 0.1) is 11.6 Å². The van der Waals surface area contributed by atoms with Gasteiger partial charge in [0.1, 0.15) is 0 Å². The zero-order valence-corrected chi connectivity index (χ0v) is 24.7. The number of nitrogens with zero attached hydrogens (tertiary/aromatic N) is 2. The van der Waals surface area contributed by atoms with E-state index in [4.69, 9.17) is 4.98 Å². The van der Waals surface area contributed by atoms with Crippen LogP contribution in [0.1, 0.15) is 100 Å². The second-order valence-corrected chi connectivity index (χ2v) is 14.3. The molecule has 4 rings (SSSR count). The third-order valence-corrected chi connectivity index (χ3v) is 10.8. The van der Waals surface area contributed by atoms with Crippen molar-refractivity contribution in [3.8, 4) is 0 Å². The molecule has 206 valence electrons. The van der Waals surface area contributed by atoms with E-state index in [0.717, 1.165) is 28.0 Å². The fraction of sp³-hybridized carbons (Fsp3) is 0.500. The van der Waals surface area contributed by atoms with Crippen molar-refractivity contribution >= 4 is 26.3 Å². The summed E-state index contributed by atoms with van der Waals surface area (Å²) in [5, 5.41) is 2.34. The zero-order valence-electron chi connectivity index (χ0n) is 23.1. The van der Waals surface area contributed by atoms with Crippen molar-refractivity contribution in [2.75, 3.05) is 18.0 Å². The molecule has 1 fully saturated rings.